The molecule has 652 valence electrons. The van der Waals surface area contributed by atoms with Gasteiger partial charge in [-0.2, -0.15) is 0 Å². The third-order valence-electron chi connectivity index (χ3n) is 23.9. The molecule has 0 bridgehead atoms. The van der Waals surface area contributed by atoms with E-state index >= 15 is 17.6 Å². The highest BCUT2D eigenvalue weighted by molar-refractivity contribution is 7.93. The van der Waals surface area contributed by atoms with Gasteiger partial charge in [-0.3, -0.25) is 4.79 Å². The van der Waals surface area contributed by atoms with Crippen molar-refractivity contribution in [1.29, 1.82) is 0 Å². The van der Waals surface area contributed by atoms with Crippen LogP contribution >= 0.6 is 46.4 Å². The molecule has 8 aromatic carbocycles. The fraction of sp³-hybridized carbons (Fsp3) is 0.424. The number of ether oxygens (including phenoxy) is 8. The molecular weight excluding hydrogens is 1760 g/mol. The number of hydrogen-bond donors (Lipinski definition) is 3. The smallest absolute Gasteiger partial charge is 0.189 e. The predicted molar refractivity (Wildman–Crippen MR) is 429 cm³/mol. The standard InChI is InChI=1S/C22H23ClF2O5S.2C21H21ClF2O5S.C21H19ClF2O5S/c1-13(26)2-9-19-16-12-30-21-18(25)8-7-17(24)20(21)22(16,10-11-29-19)31(27,28)15-5-3-14(23)4-6-15;3*1-12(25)10-18-15-11-29-20-17(24)7-6-16(23)19(20)21(15,8-9-28-18)30(26,27)14-4-2-13(22)3-5-14/h3-8,13,16,19,26H,2,9-12H2,1H3;2*2-7,12,15,18,25H,8-11H2,1H3;2-7,15,18H,8-11H2,1H3/t13-,16+,19+,22+;2*12?,15-,18-,21-;15-,18-,21-/m1000/s1. The van der Waals surface area contributed by atoms with Crippen LogP contribution in [0.4, 0.5) is 35.1 Å². The molecule has 4 fully saturated rings. The summed E-state index contributed by atoms with van der Waals surface area (Å²) >= 11 is 23.7. The number of halogens is 12. The number of fused-ring (bicyclic) bond motifs is 12. The van der Waals surface area contributed by atoms with Crippen molar-refractivity contribution in [3.8, 4) is 23.0 Å². The highest BCUT2D eigenvalue weighted by Gasteiger charge is 2.66. The van der Waals surface area contributed by atoms with E-state index in [9.17, 15) is 71.3 Å². The molecule has 8 heterocycles. The van der Waals surface area contributed by atoms with Crippen molar-refractivity contribution in [2.45, 2.75) is 167 Å². The molecule has 15 atom stereocenters. The summed E-state index contributed by atoms with van der Waals surface area (Å²) in [7, 11) is -16.9. The van der Waals surface area contributed by atoms with Crippen LogP contribution in [0.5, 0.6) is 23.0 Å². The largest absolute Gasteiger partial charge is 0.490 e. The minimum absolute atomic E-state index is 0.0100. The number of aliphatic hydroxyl groups is 3. The second kappa shape index (κ2) is 36.0. The van der Waals surface area contributed by atoms with Crippen LogP contribution in [0.3, 0.4) is 0 Å². The highest BCUT2D eigenvalue weighted by Crippen LogP contribution is 2.61. The molecule has 4 saturated heterocycles. The average Bonchev–Trinajstić information content (AvgIpc) is 0.714. The lowest BCUT2D eigenvalue weighted by atomic mass is 9.74. The number of ketones is 1. The van der Waals surface area contributed by atoms with Gasteiger partial charge in [-0.1, -0.05) is 46.4 Å². The lowest BCUT2D eigenvalue weighted by Gasteiger charge is -2.50. The Hall–Kier alpha value is -7.25. The van der Waals surface area contributed by atoms with Gasteiger partial charge in [0.05, 0.1) is 111 Å². The lowest BCUT2D eigenvalue weighted by Crippen LogP contribution is -2.58. The first kappa shape index (κ1) is 91.4. The van der Waals surface area contributed by atoms with Crippen molar-refractivity contribution in [2.75, 3.05) is 52.9 Å². The maximum Gasteiger partial charge on any atom is 0.189 e. The third-order valence-corrected chi connectivity index (χ3v) is 35.1. The van der Waals surface area contributed by atoms with Crippen LogP contribution in [0.2, 0.25) is 20.1 Å². The van der Waals surface area contributed by atoms with E-state index in [1.807, 2.05) is 0 Å². The number of aliphatic hydroxyl groups excluding tert-OH is 3. The Balaban J connectivity index is 0.000000139. The summed E-state index contributed by atoms with van der Waals surface area (Å²) in [6.07, 6.45) is -4.36. The van der Waals surface area contributed by atoms with Gasteiger partial charge in [0.15, 0.2) is 85.6 Å². The van der Waals surface area contributed by atoms with Gasteiger partial charge < -0.3 is 53.2 Å². The molecule has 8 aromatic rings. The maximum atomic E-state index is 15.2. The monoisotopic (exact) mass is 1840 g/mol. The maximum absolute atomic E-state index is 15.2. The summed E-state index contributed by atoms with van der Waals surface area (Å²) in [4.78, 5) is 11.6. The zero-order valence-electron chi connectivity index (χ0n) is 65.2. The van der Waals surface area contributed by atoms with Gasteiger partial charge in [0.25, 0.3) is 0 Å². The Morgan fingerprint density at radius 1 is 0.355 bits per heavy atom. The van der Waals surface area contributed by atoms with Crippen LogP contribution in [-0.2, 0) is 82.1 Å². The van der Waals surface area contributed by atoms with E-state index in [4.69, 9.17) is 84.3 Å². The number of carbonyl (C=O) groups is 1. The third kappa shape index (κ3) is 16.5. The molecule has 2 unspecified atom stereocenters. The van der Waals surface area contributed by atoms with Crippen molar-refractivity contribution in [3.05, 3.63) is 234 Å². The normalized spacial score (nSPS) is 26.5. The Morgan fingerprint density at radius 2 is 0.579 bits per heavy atom. The molecule has 121 heavy (non-hydrogen) atoms. The first-order valence-electron chi connectivity index (χ1n) is 38.7. The fourth-order valence-electron chi connectivity index (χ4n) is 18.5. The first-order valence-corrected chi connectivity index (χ1v) is 46.1. The van der Waals surface area contributed by atoms with Gasteiger partial charge >= 0.3 is 0 Å². The van der Waals surface area contributed by atoms with Gasteiger partial charge in [0, 0.05) is 76.6 Å². The quantitative estimate of drug-likeness (QED) is 0.0714. The van der Waals surface area contributed by atoms with Crippen LogP contribution in [0.15, 0.2) is 165 Å². The van der Waals surface area contributed by atoms with Crippen LogP contribution in [0.25, 0.3) is 0 Å². The molecule has 3 N–H and O–H groups in total. The molecule has 0 aliphatic carbocycles. The number of hydrogen-bond acceptors (Lipinski definition) is 20. The number of benzene rings is 8. The average molecular weight is 1850 g/mol. The summed E-state index contributed by atoms with van der Waals surface area (Å²) < 4.78 is 269. The van der Waals surface area contributed by atoms with Gasteiger partial charge in [-0.05, 0) is 225 Å². The van der Waals surface area contributed by atoms with Crippen LogP contribution in [-0.4, -0.2) is 150 Å². The minimum Gasteiger partial charge on any atom is -0.490 e. The lowest BCUT2D eigenvalue weighted by molar-refractivity contribution is -0.126. The Morgan fingerprint density at radius 3 is 0.818 bits per heavy atom. The van der Waals surface area contributed by atoms with Crippen molar-refractivity contribution >= 4 is 91.5 Å². The van der Waals surface area contributed by atoms with Gasteiger partial charge in [0.1, 0.15) is 48.0 Å². The molecule has 8 aliphatic rings. The van der Waals surface area contributed by atoms with E-state index < -0.39 is 177 Å². The Bertz CT molecular complexity index is 5510. The first-order chi connectivity index (χ1) is 57.2. The van der Waals surface area contributed by atoms with Gasteiger partial charge in [-0.25, -0.2) is 68.8 Å². The number of sulfone groups is 4. The number of rotatable bonds is 17. The molecule has 0 aromatic heterocycles. The summed E-state index contributed by atoms with van der Waals surface area (Å²) in [5.74, 6) is -11.9. The molecule has 8 aliphatic heterocycles. The van der Waals surface area contributed by atoms with Gasteiger partial charge in [-0.15, -0.1) is 0 Å². The summed E-state index contributed by atoms with van der Waals surface area (Å²) in [6, 6.07) is 29.7. The molecule has 0 saturated carbocycles. The van der Waals surface area contributed by atoms with E-state index in [1.165, 1.54) is 104 Å². The zero-order chi connectivity index (χ0) is 87.4. The van der Waals surface area contributed by atoms with E-state index in [1.54, 1.807) is 20.8 Å². The Labute approximate surface area is 714 Å². The van der Waals surface area contributed by atoms with E-state index in [0.29, 0.717) is 32.9 Å². The molecule has 0 spiro atoms. The van der Waals surface area contributed by atoms with Crippen molar-refractivity contribution < 1.29 is 127 Å². The van der Waals surface area contributed by atoms with E-state index in [0.717, 1.165) is 48.5 Å². The number of carbonyl (C=O) groups excluding carboxylic acids is 1. The van der Waals surface area contributed by atoms with Crippen molar-refractivity contribution in [2.24, 2.45) is 23.7 Å². The van der Waals surface area contributed by atoms with E-state index in [-0.39, 0.29) is 163 Å². The second-order valence-electron chi connectivity index (χ2n) is 31.1. The topological polar surface area (TPSA) is 288 Å². The Kier molecular flexibility index (Phi) is 27.2. The fourth-order valence-corrected chi connectivity index (χ4v) is 28.4. The van der Waals surface area contributed by atoms with Crippen LogP contribution in [0, 0.1) is 70.2 Å². The highest BCUT2D eigenvalue weighted by atomic mass is 35.5. The SMILES string of the molecule is CC(=O)C[C@@H]1OCC[C@@]2(S(=O)(=O)c3ccc(Cl)cc3)c3c(F)ccc(F)c3OC[C@@H]12.CC(O)C[C@@H]1OCC[C@@]2(S(=O)(=O)c3ccc(Cl)cc3)c3c(F)ccc(F)c3OC[C@@H]12.CC(O)C[C@@H]1OCC[C@@]2(S(=O)(=O)c3ccc(Cl)cc3)c3c(F)ccc(F)c3OC[C@@H]12.C[C@@H](O)CC[C@@H]1OCC[C@@]2(S(=O)(=O)c3ccc(Cl)cc3)c3c(F)ccc(F)c3OC[C@@H]12. The van der Waals surface area contributed by atoms with Crippen LogP contribution in [0.1, 0.15) is 108 Å². The van der Waals surface area contributed by atoms with Crippen molar-refractivity contribution in [1.82, 2.24) is 0 Å². The summed E-state index contributed by atoms with van der Waals surface area (Å²) in [5.41, 5.74) is -1.25. The zero-order valence-corrected chi connectivity index (χ0v) is 71.5. The predicted octanol–water partition coefficient (Wildman–Crippen LogP) is 16.0. The number of Topliss-reactive ketones (excluding diaryl/α,β-unsaturated/α-hetero) is 1. The van der Waals surface area contributed by atoms with Gasteiger partial charge in [0.2, 0.25) is 0 Å². The molecule has 16 rings (SSSR count). The van der Waals surface area contributed by atoms with Crippen molar-refractivity contribution in [3.63, 3.8) is 0 Å². The van der Waals surface area contributed by atoms with E-state index in [2.05, 4.69) is 0 Å². The molecule has 0 radical (unpaired) electrons. The molecule has 20 nitrogen and oxygen atoms in total. The summed E-state index contributed by atoms with van der Waals surface area (Å²) in [6.45, 7) is 5.41. The van der Waals surface area contributed by atoms with Crippen LogP contribution < -0.4 is 18.9 Å². The molecular formula is C85H84Cl4F8O20S4. The molecule has 36 heteroatoms. The molecule has 0 amide bonds. The summed E-state index contributed by atoms with van der Waals surface area (Å²) in [5, 5.41) is 30.9. The second-order valence-corrected chi connectivity index (χ2v) is 41.7. The minimum atomic E-state index is -4.26.